The molecule has 0 saturated carbocycles. The fourth-order valence-corrected chi connectivity index (χ4v) is 4.53. The predicted molar refractivity (Wildman–Crippen MR) is 202 cm³/mol. The minimum atomic E-state index is -0.463. The highest BCUT2D eigenvalue weighted by atomic mass is 19.1. The standard InChI is InChI=1S/C34H35FO6.C3H5F.2C2H6.CH4/c1-4-10-26-30(13-8-14-31(26)41-32-12-7-6-11-27(32)34(37)38-3)39-19-9-20-40-33-22-29(36)28(21-23(33)5-2)24-15-17-25(35)18-16-24;1-2-3-4;2*1-2;/h6-8,11-18,21-22,36H,4-5,9-10,19-20H2,1-3H3;2H,1,3H2;2*1-2H3;1H4. The highest BCUT2D eigenvalue weighted by Crippen LogP contribution is 2.37. The molecule has 50 heavy (non-hydrogen) atoms. The van der Waals surface area contributed by atoms with Crippen LogP contribution in [0.25, 0.3) is 11.1 Å². The van der Waals surface area contributed by atoms with Crippen LogP contribution in [-0.4, -0.2) is 38.1 Å². The van der Waals surface area contributed by atoms with Crippen molar-refractivity contribution in [2.45, 2.75) is 74.7 Å². The maximum atomic E-state index is 13.3. The molecule has 0 aromatic heterocycles. The van der Waals surface area contributed by atoms with E-state index in [0.717, 1.165) is 35.3 Å². The third-order valence-electron chi connectivity index (χ3n) is 6.73. The molecule has 0 fully saturated rings. The number of methoxy groups -OCH3 is 1. The van der Waals surface area contributed by atoms with Crippen molar-refractivity contribution < 1.29 is 37.6 Å². The third-order valence-corrected chi connectivity index (χ3v) is 6.73. The van der Waals surface area contributed by atoms with Gasteiger partial charge in [0.2, 0.25) is 0 Å². The van der Waals surface area contributed by atoms with Crippen molar-refractivity contribution in [3.8, 4) is 39.9 Å². The first-order valence-electron chi connectivity index (χ1n) is 16.9. The molecule has 4 rings (SSSR count). The second-order valence-electron chi connectivity index (χ2n) is 9.90. The summed E-state index contributed by atoms with van der Waals surface area (Å²) in [5.74, 6) is 1.67. The minimum Gasteiger partial charge on any atom is -0.507 e. The molecule has 0 atom stereocenters. The summed E-state index contributed by atoms with van der Waals surface area (Å²) in [6.07, 6.45) is 4.16. The van der Waals surface area contributed by atoms with Gasteiger partial charge < -0.3 is 24.1 Å². The van der Waals surface area contributed by atoms with Gasteiger partial charge in [-0.25, -0.2) is 13.6 Å². The largest absolute Gasteiger partial charge is 0.507 e. The lowest BCUT2D eigenvalue weighted by Crippen LogP contribution is -2.08. The molecule has 0 aliphatic carbocycles. The summed E-state index contributed by atoms with van der Waals surface area (Å²) in [5, 5.41) is 10.6. The summed E-state index contributed by atoms with van der Waals surface area (Å²) in [6, 6.07) is 22.1. The van der Waals surface area contributed by atoms with Crippen LogP contribution in [0.4, 0.5) is 8.78 Å². The molecule has 0 amide bonds. The fourth-order valence-electron chi connectivity index (χ4n) is 4.53. The topological polar surface area (TPSA) is 74.2 Å². The van der Waals surface area contributed by atoms with E-state index in [1.807, 2.05) is 65.0 Å². The number of aromatic hydroxyl groups is 1. The molecule has 0 spiro atoms. The molecule has 8 heteroatoms. The second kappa shape index (κ2) is 26.1. The predicted octanol–water partition coefficient (Wildman–Crippen LogP) is 12.0. The van der Waals surface area contributed by atoms with E-state index in [4.69, 9.17) is 18.9 Å². The first-order chi connectivity index (χ1) is 23.9. The Balaban J connectivity index is 0.00000245. The van der Waals surface area contributed by atoms with Gasteiger partial charge in [0.1, 0.15) is 46.8 Å². The van der Waals surface area contributed by atoms with E-state index in [1.54, 1.807) is 36.4 Å². The van der Waals surface area contributed by atoms with Gasteiger partial charge in [0, 0.05) is 23.6 Å². The van der Waals surface area contributed by atoms with Crippen LogP contribution in [0.5, 0.6) is 28.7 Å². The van der Waals surface area contributed by atoms with Gasteiger partial charge in [-0.2, -0.15) is 0 Å². The molecular weight excluding hydrogens is 638 g/mol. The van der Waals surface area contributed by atoms with E-state index >= 15 is 0 Å². The van der Waals surface area contributed by atoms with E-state index in [0.29, 0.717) is 54.4 Å². The zero-order valence-electron chi connectivity index (χ0n) is 30.0. The molecule has 1 N–H and O–H groups in total. The number of para-hydroxylation sites is 1. The van der Waals surface area contributed by atoms with Crippen LogP contribution in [0.3, 0.4) is 0 Å². The molecule has 0 aliphatic rings. The van der Waals surface area contributed by atoms with Gasteiger partial charge in [0.05, 0.1) is 20.3 Å². The number of hydrogen-bond donors (Lipinski definition) is 1. The van der Waals surface area contributed by atoms with Crippen molar-refractivity contribution in [3.05, 3.63) is 114 Å². The Hall–Kier alpha value is -4.85. The number of alkyl halides is 1. The van der Waals surface area contributed by atoms with Crippen LogP contribution >= 0.6 is 0 Å². The number of carbonyl (C=O) groups is 1. The average Bonchev–Trinajstić information content (AvgIpc) is 3.14. The maximum Gasteiger partial charge on any atom is 0.341 e. The number of rotatable bonds is 14. The monoisotopic (exact) mass is 694 g/mol. The van der Waals surface area contributed by atoms with E-state index in [9.17, 15) is 18.7 Å². The molecule has 0 bridgehead atoms. The van der Waals surface area contributed by atoms with Gasteiger partial charge in [-0.1, -0.05) is 91.8 Å². The Morgan fingerprint density at radius 2 is 1.42 bits per heavy atom. The van der Waals surface area contributed by atoms with E-state index in [2.05, 4.69) is 13.5 Å². The number of phenolic OH excluding ortho intramolecular Hbond substituents is 1. The third kappa shape index (κ3) is 13.9. The summed E-state index contributed by atoms with van der Waals surface area (Å²) in [4.78, 5) is 12.2. The lowest BCUT2D eigenvalue weighted by atomic mass is 10.00. The lowest BCUT2D eigenvalue weighted by Gasteiger charge is -2.17. The quantitative estimate of drug-likeness (QED) is 0.0804. The second-order valence-corrected chi connectivity index (χ2v) is 9.90. The SMILES string of the molecule is C.C=CCF.CC.CC.CCCc1c(OCCCOc2cc(O)c(-c3ccc(F)cc3)cc2CC)cccc1Oc1ccccc1C(=O)OC. The number of ether oxygens (including phenoxy) is 4. The summed E-state index contributed by atoms with van der Waals surface area (Å²) in [6.45, 7) is 15.6. The van der Waals surface area contributed by atoms with Gasteiger partial charge in [0.25, 0.3) is 0 Å². The molecule has 4 aromatic rings. The van der Waals surface area contributed by atoms with Crippen LogP contribution in [-0.2, 0) is 17.6 Å². The molecule has 0 saturated heterocycles. The van der Waals surface area contributed by atoms with Crippen molar-refractivity contribution in [3.63, 3.8) is 0 Å². The summed E-state index contributed by atoms with van der Waals surface area (Å²) in [5.41, 5.74) is 3.60. The molecule has 0 unspecified atom stereocenters. The van der Waals surface area contributed by atoms with Gasteiger partial charge in [-0.15, -0.1) is 6.58 Å². The van der Waals surface area contributed by atoms with Crippen molar-refractivity contribution in [1.82, 2.24) is 0 Å². The Morgan fingerprint density at radius 3 is 2.00 bits per heavy atom. The van der Waals surface area contributed by atoms with Gasteiger partial charge in [-0.3, -0.25) is 0 Å². The Labute approximate surface area is 298 Å². The number of esters is 1. The van der Waals surface area contributed by atoms with Crippen LogP contribution in [0.15, 0.2) is 91.5 Å². The van der Waals surface area contributed by atoms with Crippen LogP contribution < -0.4 is 14.2 Å². The van der Waals surface area contributed by atoms with Crippen LogP contribution in [0, 0.1) is 5.82 Å². The van der Waals surface area contributed by atoms with Gasteiger partial charge in [-0.05, 0) is 66.4 Å². The number of phenols is 1. The van der Waals surface area contributed by atoms with Crippen molar-refractivity contribution in [1.29, 1.82) is 0 Å². The van der Waals surface area contributed by atoms with Crippen molar-refractivity contribution in [2.75, 3.05) is 27.0 Å². The first-order valence-corrected chi connectivity index (χ1v) is 16.9. The van der Waals surface area contributed by atoms with Crippen LogP contribution in [0.1, 0.15) is 83.3 Å². The number of carbonyl (C=O) groups excluding carboxylic acids is 1. The molecule has 4 aromatic carbocycles. The Kier molecular flexibility index (Phi) is 23.5. The van der Waals surface area contributed by atoms with Gasteiger partial charge in [0.15, 0.2) is 0 Å². The smallest absolute Gasteiger partial charge is 0.341 e. The number of hydrogen-bond acceptors (Lipinski definition) is 6. The Bertz CT molecular complexity index is 1540. The molecular formula is C42H56F2O6. The molecule has 0 heterocycles. The first kappa shape index (κ1) is 45.2. The van der Waals surface area contributed by atoms with Gasteiger partial charge >= 0.3 is 5.97 Å². The lowest BCUT2D eigenvalue weighted by molar-refractivity contribution is 0.0598. The summed E-state index contributed by atoms with van der Waals surface area (Å²) < 4.78 is 47.2. The van der Waals surface area contributed by atoms with Crippen molar-refractivity contribution >= 4 is 5.97 Å². The number of benzene rings is 4. The fraction of sp³-hybridized carbons (Fsp3) is 0.357. The normalized spacial score (nSPS) is 9.54. The highest BCUT2D eigenvalue weighted by Gasteiger charge is 2.17. The Morgan fingerprint density at radius 1 is 0.840 bits per heavy atom. The molecule has 274 valence electrons. The zero-order valence-corrected chi connectivity index (χ0v) is 30.0. The maximum absolute atomic E-state index is 13.3. The molecule has 6 nitrogen and oxygen atoms in total. The number of aryl methyl sites for hydroxylation is 1. The van der Waals surface area contributed by atoms with Crippen LogP contribution in [0.2, 0.25) is 0 Å². The summed E-state index contributed by atoms with van der Waals surface area (Å²) >= 11 is 0. The van der Waals surface area contributed by atoms with E-state index < -0.39 is 12.6 Å². The van der Waals surface area contributed by atoms with E-state index in [-0.39, 0.29) is 19.0 Å². The summed E-state index contributed by atoms with van der Waals surface area (Å²) in [7, 11) is 1.34. The zero-order chi connectivity index (χ0) is 36.6. The van der Waals surface area contributed by atoms with Crippen molar-refractivity contribution in [2.24, 2.45) is 0 Å². The molecule has 0 aliphatic heterocycles. The number of allylic oxidation sites excluding steroid dienone is 1. The van der Waals surface area contributed by atoms with E-state index in [1.165, 1.54) is 25.3 Å². The minimum absolute atomic E-state index is 0. The number of halogens is 2. The highest BCUT2D eigenvalue weighted by molar-refractivity contribution is 5.92. The average molecular weight is 695 g/mol. The molecule has 0 radical (unpaired) electrons.